The third kappa shape index (κ3) is 75.2. The van der Waals surface area contributed by atoms with E-state index in [1.165, 1.54) is 38.5 Å². The summed E-state index contributed by atoms with van der Waals surface area (Å²) in [6.07, 6.45) is 86.8. The monoisotopic (exact) mass is 1500 g/mol. The molecular formula is C85H142O17P2. The van der Waals surface area contributed by atoms with Crippen molar-refractivity contribution in [1.82, 2.24) is 0 Å². The number of hydrogen-bond acceptors (Lipinski definition) is 15. The van der Waals surface area contributed by atoms with Gasteiger partial charge < -0.3 is 33.8 Å². The Morgan fingerprint density at radius 2 is 0.500 bits per heavy atom. The minimum Gasteiger partial charge on any atom is -0.462 e. The van der Waals surface area contributed by atoms with Gasteiger partial charge in [-0.15, -0.1) is 0 Å². The molecule has 594 valence electrons. The molecule has 17 nitrogen and oxygen atoms in total. The van der Waals surface area contributed by atoms with Crippen molar-refractivity contribution in [2.24, 2.45) is 0 Å². The normalized spacial score (nSPS) is 14.6. The molecule has 5 atom stereocenters. The summed E-state index contributed by atoms with van der Waals surface area (Å²) in [4.78, 5) is 73.0. The molecule has 0 spiro atoms. The number of phosphoric ester groups is 2. The zero-order valence-corrected chi connectivity index (χ0v) is 66.7. The van der Waals surface area contributed by atoms with Crippen LogP contribution in [-0.4, -0.2) is 96.7 Å². The van der Waals surface area contributed by atoms with E-state index in [0.717, 1.165) is 193 Å². The Balaban J connectivity index is 5.38. The van der Waals surface area contributed by atoms with Crippen molar-refractivity contribution >= 4 is 39.5 Å². The fraction of sp³-hybridized carbons (Fsp3) is 0.671. The quantitative estimate of drug-likeness (QED) is 0.0169. The molecule has 104 heavy (non-hydrogen) atoms. The van der Waals surface area contributed by atoms with Crippen molar-refractivity contribution in [3.05, 3.63) is 146 Å². The Kier molecular flexibility index (Phi) is 72.4. The fourth-order valence-electron chi connectivity index (χ4n) is 10.3. The second kappa shape index (κ2) is 76.1. The highest BCUT2D eigenvalue weighted by atomic mass is 31.2. The first-order valence-corrected chi connectivity index (χ1v) is 43.1. The van der Waals surface area contributed by atoms with E-state index in [1.54, 1.807) is 0 Å². The van der Waals surface area contributed by atoms with Crippen LogP contribution in [0.5, 0.6) is 0 Å². The molecule has 0 aliphatic heterocycles. The van der Waals surface area contributed by atoms with E-state index >= 15 is 0 Å². The summed E-state index contributed by atoms with van der Waals surface area (Å²) in [7, 11) is -9.98. The smallest absolute Gasteiger partial charge is 0.462 e. The topological polar surface area (TPSA) is 237 Å². The molecule has 0 aromatic carbocycles. The Morgan fingerprint density at radius 1 is 0.279 bits per heavy atom. The summed E-state index contributed by atoms with van der Waals surface area (Å²) < 4.78 is 68.6. The van der Waals surface area contributed by atoms with Gasteiger partial charge in [-0.1, -0.05) is 289 Å². The number of aliphatic hydroxyl groups is 1. The highest BCUT2D eigenvalue weighted by molar-refractivity contribution is 7.47. The van der Waals surface area contributed by atoms with Crippen LogP contribution >= 0.6 is 15.6 Å². The average Bonchev–Trinajstić information content (AvgIpc) is 0.931. The molecule has 0 heterocycles. The molecule has 0 aromatic rings. The molecule has 3 N–H and O–H groups in total. The van der Waals surface area contributed by atoms with Crippen molar-refractivity contribution in [3.8, 4) is 0 Å². The van der Waals surface area contributed by atoms with Crippen LogP contribution in [0.3, 0.4) is 0 Å². The molecule has 0 amide bonds. The first kappa shape index (κ1) is 98.9. The van der Waals surface area contributed by atoms with Crippen molar-refractivity contribution < 1.29 is 80.2 Å². The summed E-state index contributed by atoms with van der Waals surface area (Å²) in [6, 6.07) is 0. The first-order valence-electron chi connectivity index (χ1n) is 40.1. The lowest BCUT2D eigenvalue weighted by Crippen LogP contribution is -2.30. The van der Waals surface area contributed by atoms with Gasteiger partial charge in [0.2, 0.25) is 0 Å². The molecule has 19 heteroatoms. The van der Waals surface area contributed by atoms with Crippen LogP contribution < -0.4 is 0 Å². The third-order valence-electron chi connectivity index (χ3n) is 16.3. The number of aliphatic hydroxyl groups excluding tert-OH is 1. The summed E-state index contributed by atoms with van der Waals surface area (Å²) in [5.41, 5.74) is 0. The molecule has 0 saturated carbocycles. The molecule has 0 aliphatic carbocycles. The maximum Gasteiger partial charge on any atom is 0.472 e. The van der Waals surface area contributed by atoms with Gasteiger partial charge in [0.15, 0.2) is 12.2 Å². The van der Waals surface area contributed by atoms with E-state index in [0.29, 0.717) is 25.7 Å². The van der Waals surface area contributed by atoms with Crippen LogP contribution in [0.25, 0.3) is 0 Å². The number of hydrogen-bond donors (Lipinski definition) is 3. The minimum absolute atomic E-state index is 0.0574. The molecule has 0 radical (unpaired) electrons. The Labute approximate surface area is 630 Å². The van der Waals surface area contributed by atoms with E-state index < -0.39 is 97.5 Å². The zero-order valence-electron chi connectivity index (χ0n) is 64.9. The SMILES string of the molecule is CC/C=C\C/C=C\C/C=C\C/C=C\CCCCCCCCC(=O)OCC(COP(=O)(O)OCC(O)COP(=O)(O)OCC(COC(=O)CCCCCC/C=C\C/C=C\C/C=C\C/C=C\CC)OC(=O)CCCCCC/C=C\C/C=C\C/C=C\C/C=C\CC)OC(=O)CCCCCCCCCCCCC. The molecule has 0 rings (SSSR count). The molecule has 0 aromatic heterocycles. The van der Waals surface area contributed by atoms with Crippen LogP contribution in [0.15, 0.2) is 146 Å². The second-order valence-corrected chi connectivity index (χ2v) is 29.1. The zero-order chi connectivity index (χ0) is 76.0. The van der Waals surface area contributed by atoms with E-state index in [2.05, 4.69) is 174 Å². The average molecular weight is 1500 g/mol. The highest BCUT2D eigenvalue weighted by Gasteiger charge is 2.30. The number of allylic oxidation sites excluding steroid dienone is 24. The van der Waals surface area contributed by atoms with Gasteiger partial charge in [0.05, 0.1) is 26.4 Å². The van der Waals surface area contributed by atoms with Gasteiger partial charge in [-0.05, 0) is 141 Å². The van der Waals surface area contributed by atoms with Crippen molar-refractivity contribution in [3.63, 3.8) is 0 Å². The summed E-state index contributed by atoms with van der Waals surface area (Å²) >= 11 is 0. The fourth-order valence-corrected chi connectivity index (χ4v) is 11.9. The lowest BCUT2D eigenvalue weighted by Gasteiger charge is -2.21. The van der Waals surface area contributed by atoms with Crippen LogP contribution in [0, 0.1) is 0 Å². The Hall–Kier alpha value is -5.06. The van der Waals surface area contributed by atoms with Gasteiger partial charge in [-0.3, -0.25) is 37.3 Å². The van der Waals surface area contributed by atoms with E-state index in [9.17, 15) is 43.2 Å². The van der Waals surface area contributed by atoms with E-state index in [1.807, 2.05) is 0 Å². The van der Waals surface area contributed by atoms with Crippen molar-refractivity contribution in [1.29, 1.82) is 0 Å². The number of esters is 4. The molecule has 0 saturated heterocycles. The largest absolute Gasteiger partial charge is 0.472 e. The predicted molar refractivity (Wildman–Crippen MR) is 427 cm³/mol. The van der Waals surface area contributed by atoms with Gasteiger partial charge in [0, 0.05) is 25.7 Å². The molecule has 0 aliphatic rings. The van der Waals surface area contributed by atoms with E-state index in [-0.39, 0.29) is 25.7 Å². The Bertz CT molecular complexity index is 2540. The first-order chi connectivity index (χ1) is 50.7. The van der Waals surface area contributed by atoms with Gasteiger partial charge in [-0.2, -0.15) is 0 Å². The lowest BCUT2D eigenvalue weighted by atomic mass is 10.1. The van der Waals surface area contributed by atoms with Crippen LogP contribution in [-0.2, 0) is 65.4 Å². The van der Waals surface area contributed by atoms with Gasteiger partial charge >= 0.3 is 39.5 Å². The molecule has 5 unspecified atom stereocenters. The molecule has 0 fully saturated rings. The predicted octanol–water partition coefficient (Wildman–Crippen LogP) is 23.4. The highest BCUT2D eigenvalue weighted by Crippen LogP contribution is 2.45. The number of ether oxygens (including phenoxy) is 4. The van der Waals surface area contributed by atoms with Gasteiger partial charge in [0.1, 0.15) is 19.3 Å². The third-order valence-corrected chi connectivity index (χ3v) is 18.2. The maximum atomic E-state index is 13.1. The van der Waals surface area contributed by atoms with E-state index in [4.69, 9.17) is 37.0 Å². The van der Waals surface area contributed by atoms with Crippen LogP contribution in [0.1, 0.15) is 310 Å². The number of carbonyl (C=O) groups excluding carboxylic acids is 4. The molecule has 0 bridgehead atoms. The van der Waals surface area contributed by atoms with Crippen LogP contribution in [0.4, 0.5) is 0 Å². The number of carbonyl (C=O) groups is 4. The summed E-state index contributed by atoms with van der Waals surface area (Å²) in [5.74, 6) is -2.24. The van der Waals surface area contributed by atoms with Gasteiger partial charge in [-0.25, -0.2) is 9.13 Å². The standard InChI is InChI=1S/C85H142O17P2/c1-5-9-13-17-21-25-29-32-35-38-39-42-44-47-51-54-58-62-66-70-82(87)95-75-80(101-84(89)71-67-63-59-55-49-28-24-20-16-12-8-4)77-99-103(91,92)97-73-79(86)74-98-104(93,94)100-78-81(102-85(90)72-68-64-60-56-52-48-45-41-37-34-31-27-23-19-15-11-7-3)76-96-83(88)69-65-61-57-53-50-46-43-40-36-33-30-26-22-18-14-10-6-2/h9-11,13-15,21-23,25-27,32-37,39,42-43,45-46,48,79-81,86H,5-8,12,16-20,24,28-31,38,40-41,44,47,49-78H2,1-4H3,(H,91,92)(H,93,94)/b13-9-,14-10-,15-11-,25-21-,26-22-,27-23-,35-32-,36-33-,37-34-,42-39-,46-43-,48-45-. The number of phosphoric acid groups is 2. The summed E-state index contributed by atoms with van der Waals surface area (Å²) in [6.45, 7) is 4.46. The summed E-state index contributed by atoms with van der Waals surface area (Å²) in [5, 5.41) is 10.6. The number of unbranched alkanes of at least 4 members (excludes halogenated alkanes) is 24. The lowest BCUT2D eigenvalue weighted by molar-refractivity contribution is -0.161. The minimum atomic E-state index is -4.99. The molecular weight excluding hydrogens is 1350 g/mol. The second-order valence-electron chi connectivity index (χ2n) is 26.2. The van der Waals surface area contributed by atoms with Gasteiger partial charge in [0.25, 0.3) is 0 Å². The maximum absolute atomic E-state index is 13.1. The van der Waals surface area contributed by atoms with Crippen molar-refractivity contribution in [2.75, 3.05) is 39.6 Å². The number of rotatable bonds is 74. The Morgan fingerprint density at radius 3 is 0.769 bits per heavy atom. The van der Waals surface area contributed by atoms with Crippen molar-refractivity contribution in [2.45, 2.75) is 329 Å². The van der Waals surface area contributed by atoms with Crippen LogP contribution in [0.2, 0.25) is 0 Å².